The first-order chi connectivity index (χ1) is 19.3. The van der Waals surface area contributed by atoms with Gasteiger partial charge in [0, 0.05) is 40.9 Å². The van der Waals surface area contributed by atoms with Crippen LogP contribution in [0.25, 0.3) is 44.4 Å². The highest BCUT2D eigenvalue weighted by atomic mass is 35.5. The molecule has 0 spiro atoms. The molecule has 6 aromatic rings. The molecule has 196 valence electrons. The molecule has 4 aromatic heterocycles. The van der Waals surface area contributed by atoms with Gasteiger partial charge in [-0.15, -0.1) is 11.5 Å². The van der Waals surface area contributed by atoms with Gasteiger partial charge in [-0.2, -0.15) is 0 Å². The van der Waals surface area contributed by atoms with E-state index >= 15 is 0 Å². The highest BCUT2D eigenvalue weighted by Crippen LogP contribution is 2.31. The van der Waals surface area contributed by atoms with Crippen molar-refractivity contribution in [2.75, 3.05) is 0 Å². The van der Waals surface area contributed by atoms with Gasteiger partial charge in [-0.1, -0.05) is 58.6 Å². The van der Waals surface area contributed by atoms with Crippen LogP contribution in [0, 0.1) is 24.0 Å². The highest BCUT2D eigenvalue weighted by molar-refractivity contribution is 6.41. The van der Waals surface area contributed by atoms with Crippen LogP contribution in [0.1, 0.15) is 0 Å². The van der Waals surface area contributed by atoms with Gasteiger partial charge in [0.15, 0.2) is 17.3 Å². The molecule has 40 heavy (non-hydrogen) atoms. The largest absolute Gasteiger partial charge is 0.337 e. The molecule has 13 heteroatoms. The van der Waals surface area contributed by atoms with Gasteiger partial charge in [-0.3, -0.25) is 14.3 Å². The molecule has 0 amide bonds. The quantitative estimate of drug-likeness (QED) is 0.225. The predicted octanol–water partition coefficient (Wildman–Crippen LogP) is 4.56. The molecule has 0 saturated heterocycles. The van der Waals surface area contributed by atoms with Crippen LogP contribution >= 0.6 is 23.2 Å². The van der Waals surface area contributed by atoms with Gasteiger partial charge in [-0.05, 0) is 6.07 Å². The maximum absolute atomic E-state index is 14.4. The molecule has 0 fully saturated rings. The Balaban J connectivity index is 1.83. The molecule has 0 radical (unpaired) electrons. The van der Waals surface area contributed by atoms with E-state index in [1.54, 1.807) is 30.5 Å². The summed E-state index contributed by atoms with van der Waals surface area (Å²) in [5.74, 6) is 0.0816. The van der Waals surface area contributed by atoms with E-state index in [1.807, 2.05) is 0 Å². The van der Waals surface area contributed by atoms with E-state index in [1.165, 1.54) is 18.5 Å². The van der Waals surface area contributed by atoms with E-state index < -0.39 is 22.9 Å². The van der Waals surface area contributed by atoms with Crippen molar-refractivity contribution in [2.45, 2.75) is 6.54 Å². The van der Waals surface area contributed by atoms with Crippen molar-refractivity contribution in [2.24, 2.45) is 0 Å². The summed E-state index contributed by atoms with van der Waals surface area (Å²) in [6, 6.07) is 10.1. The topological polar surface area (TPSA) is 100 Å². The van der Waals surface area contributed by atoms with Crippen LogP contribution in [0.3, 0.4) is 0 Å². The molecule has 0 atom stereocenters. The fourth-order valence-corrected chi connectivity index (χ4v) is 4.75. The lowest BCUT2D eigenvalue weighted by atomic mass is 10.1. The summed E-state index contributed by atoms with van der Waals surface area (Å²) >= 11 is 12.3. The lowest BCUT2D eigenvalue weighted by molar-refractivity contribution is 0.510. The molecular weight excluding hydrogens is 563 g/mol. The molecule has 0 saturated carbocycles. The van der Waals surface area contributed by atoms with Crippen LogP contribution in [0.15, 0.2) is 70.6 Å². The van der Waals surface area contributed by atoms with Gasteiger partial charge in [-0.25, -0.2) is 27.8 Å². The first kappa shape index (κ1) is 25.4. The average Bonchev–Trinajstić information content (AvgIpc) is 3.34. The zero-order valence-electron chi connectivity index (χ0n) is 20.0. The summed E-state index contributed by atoms with van der Waals surface area (Å²) in [6.45, 7) is -0.296. The second kappa shape index (κ2) is 9.68. The van der Waals surface area contributed by atoms with Crippen LogP contribution in [0.5, 0.6) is 0 Å². The first-order valence-electron chi connectivity index (χ1n) is 11.5. The third-order valence-electron chi connectivity index (χ3n) is 6.23. The Morgan fingerprint density at radius 1 is 1.00 bits per heavy atom. The predicted molar refractivity (Wildman–Crippen MR) is 146 cm³/mol. The lowest BCUT2D eigenvalue weighted by Gasteiger charge is -2.19. The van der Waals surface area contributed by atoms with Gasteiger partial charge in [0.25, 0.3) is 5.56 Å². The number of halogens is 4. The SMILES string of the molecule is C#CCn1c(-c2cnc(Cl)c(Cl)c2)c(-n2nnc3cc(F)c(F)cc32)c(=O)n(-c2cncc3ccccc23)c1=O. The van der Waals surface area contributed by atoms with Crippen LogP contribution in [-0.4, -0.2) is 34.1 Å². The van der Waals surface area contributed by atoms with Crippen LogP contribution < -0.4 is 11.2 Å². The Kier molecular flexibility index (Phi) is 6.14. The Labute approximate surface area is 232 Å². The van der Waals surface area contributed by atoms with Crippen molar-refractivity contribution in [3.63, 3.8) is 0 Å². The van der Waals surface area contributed by atoms with Crippen molar-refractivity contribution in [1.29, 1.82) is 0 Å². The van der Waals surface area contributed by atoms with Gasteiger partial charge >= 0.3 is 5.69 Å². The summed E-state index contributed by atoms with van der Waals surface area (Å²) in [5.41, 5.74) is -1.69. The molecule has 6 rings (SSSR count). The maximum Gasteiger partial charge on any atom is 0.337 e. The molecule has 2 aromatic carbocycles. The zero-order valence-corrected chi connectivity index (χ0v) is 21.5. The van der Waals surface area contributed by atoms with E-state index in [2.05, 4.69) is 26.2 Å². The average molecular weight is 576 g/mol. The third kappa shape index (κ3) is 3.93. The molecule has 0 aliphatic rings. The summed E-state index contributed by atoms with van der Waals surface area (Å²) < 4.78 is 31.4. The fourth-order valence-electron chi connectivity index (χ4n) is 4.48. The van der Waals surface area contributed by atoms with E-state index in [9.17, 15) is 18.4 Å². The molecule has 0 aliphatic heterocycles. The molecule has 9 nitrogen and oxygen atoms in total. The lowest BCUT2D eigenvalue weighted by Crippen LogP contribution is -2.42. The third-order valence-corrected chi connectivity index (χ3v) is 6.91. The Morgan fingerprint density at radius 2 is 1.77 bits per heavy atom. The Morgan fingerprint density at radius 3 is 2.55 bits per heavy atom. The van der Waals surface area contributed by atoms with Crippen LogP contribution in [0.4, 0.5) is 8.78 Å². The van der Waals surface area contributed by atoms with Gasteiger partial charge in [0.2, 0.25) is 0 Å². The number of nitrogens with zero attached hydrogens (tertiary/aromatic N) is 7. The van der Waals surface area contributed by atoms with Crippen molar-refractivity contribution >= 4 is 45.0 Å². The van der Waals surface area contributed by atoms with E-state index in [4.69, 9.17) is 29.6 Å². The van der Waals surface area contributed by atoms with E-state index in [0.717, 1.165) is 25.9 Å². The number of hydrogen-bond donors (Lipinski definition) is 0. The van der Waals surface area contributed by atoms with E-state index in [-0.39, 0.29) is 50.4 Å². The standard InChI is InChI=1S/C27H13Cl2F2N7O2/c1-2-7-36-23(15-8-17(28)25(29)33-12-15)24(38-21-10-19(31)18(30)9-20(21)34-35-38)26(39)37(27(36)40)22-13-32-11-14-5-3-4-6-16(14)22/h1,3-6,8-13H,7H2. The summed E-state index contributed by atoms with van der Waals surface area (Å²) in [4.78, 5) is 36.6. The Hall–Kier alpha value is -4.92. The minimum Gasteiger partial charge on any atom is -0.279 e. The second-order valence-electron chi connectivity index (χ2n) is 8.54. The first-order valence-corrected chi connectivity index (χ1v) is 12.2. The monoisotopic (exact) mass is 575 g/mol. The minimum absolute atomic E-state index is 0.0169. The zero-order chi connectivity index (χ0) is 28.1. The molecule has 0 N–H and O–H groups in total. The van der Waals surface area contributed by atoms with Crippen molar-refractivity contribution < 1.29 is 8.78 Å². The second-order valence-corrected chi connectivity index (χ2v) is 9.31. The van der Waals surface area contributed by atoms with Gasteiger partial charge in [0.1, 0.15) is 10.7 Å². The number of rotatable bonds is 4. The highest BCUT2D eigenvalue weighted by Gasteiger charge is 2.27. The van der Waals surface area contributed by atoms with Gasteiger partial charge < -0.3 is 0 Å². The van der Waals surface area contributed by atoms with Crippen molar-refractivity contribution in [3.05, 3.63) is 104 Å². The molecule has 0 bridgehead atoms. The fraction of sp³-hybridized carbons (Fsp3) is 0.0370. The minimum atomic E-state index is -1.19. The number of terminal acetylenes is 1. The number of aromatic nitrogens is 7. The molecular formula is C27H13Cl2F2N7O2. The number of pyridine rings is 2. The van der Waals surface area contributed by atoms with Crippen molar-refractivity contribution in [3.8, 4) is 35.0 Å². The number of hydrogen-bond acceptors (Lipinski definition) is 6. The summed E-state index contributed by atoms with van der Waals surface area (Å²) in [5, 5.41) is 9.16. The van der Waals surface area contributed by atoms with E-state index in [0.29, 0.717) is 10.8 Å². The normalized spacial score (nSPS) is 11.3. The number of benzene rings is 2. The summed E-state index contributed by atoms with van der Waals surface area (Å²) in [7, 11) is 0. The summed E-state index contributed by atoms with van der Waals surface area (Å²) in [6.07, 6.45) is 9.89. The van der Waals surface area contributed by atoms with Gasteiger partial charge in [0.05, 0.1) is 34.7 Å². The molecule has 0 aliphatic carbocycles. The van der Waals surface area contributed by atoms with Crippen LogP contribution in [-0.2, 0) is 6.54 Å². The number of fused-ring (bicyclic) bond motifs is 2. The molecule has 0 unspecified atom stereocenters. The maximum atomic E-state index is 14.4. The van der Waals surface area contributed by atoms with Crippen LogP contribution in [0.2, 0.25) is 10.2 Å². The van der Waals surface area contributed by atoms with Crippen molar-refractivity contribution in [1.82, 2.24) is 34.1 Å². The Bertz CT molecular complexity index is 2160. The molecule has 4 heterocycles. The smallest absolute Gasteiger partial charge is 0.279 e.